The highest BCUT2D eigenvalue weighted by molar-refractivity contribution is 6.02. The molecule has 0 spiro atoms. The molecule has 0 fully saturated rings. The average molecular weight is 543 g/mol. The van der Waals surface area contributed by atoms with Crippen LogP contribution in [0.5, 0.6) is 5.75 Å². The molecule has 4 aromatic rings. The van der Waals surface area contributed by atoms with E-state index in [1.54, 1.807) is 55.6 Å². The van der Waals surface area contributed by atoms with Gasteiger partial charge in [0.15, 0.2) is 5.78 Å². The van der Waals surface area contributed by atoms with E-state index in [-0.39, 0.29) is 24.7 Å². The number of methoxy groups -OCH3 is 1. The summed E-state index contributed by atoms with van der Waals surface area (Å²) in [5.41, 5.74) is 2.08. The number of carbonyl (C=O) groups excluding carboxylic acids is 2. The summed E-state index contributed by atoms with van der Waals surface area (Å²) < 4.78 is 12.9. The quantitative estimate of drug-likeness (QED) is 0.265. The van der Waals surface area contributed by atoms with Gasteiger partial charge >= 0.3 is 0 Å². The lowest BCUT2D eigenvalue weighted by Crippen LogP contribution is -2.34. The number of ether oxygens (including phenoxy) is 2. The van der Waals surface area contributed by atoms with Gasteiger partial charge in [0.05, 0.1) is 24.4 Å². The van der Waals surface area contributed by atoms with E-state index in [2.05, 4.69) is 15.3 Å². The van der Waals surface area contributed by atoms with Gasteiger partial charge < -0.3 is 14.8 Å². The van der Waals surface area contributed by atoms with Crippen molar-refractivity contribution in [3.05, 3.63) is 83.2 Å². The van der Waals surface area contributed by atoms with Crippen molar-refractivity contribution < 1.29 is 19.1 Å². The number of nitrogens with one attached hydrogen (secondary N) is 1. The Bertz CT molecular complexity index is 1590. The van der Waals surface area contributed by atoms with E-state index in [9.17, 15) is 14.4 Å². The van der Waals surface area contributed by atoms with Crippen molar-refractivity contribution in [2.24, 2.45) is 0 Å². The molecule has 2 aromatic carbocycles. The lowest BCUT2D eigenvalue weighted by molar-refractivity contribution is -0.120. The maximum absolute atomic E-state index is 13.7. The van der Waals surface area contributed by atoms with Gasteiger partial charge in [-0.25, -0.2) is 9.97 Å². The molecule has 1 N–H and O–H groups in total. The van der Waals surface area contributed by atoms with Crippen LogP contribution in [0.15, 0.2) is 72.0 Å². The van der Waals surface area contributed by atoms with Crippen LogP contribution in [-0.4, -0.2) is 45.5 Å². The third kappa shape index (κ3) is 6.60. The second-order valence-corrected chi connectivity index (χ2v) is 10.4. The largest absolute Gasteiger partial charge is 0.495 e. The molecule has 9 nitrogen and oxygen atoms in total. The van der Waals surface area contributed by atoms with Gasteiger partial charge in [-0.2, -0.15) is 0 Å². The van der Waals surface area contributed by atoms with Crippen LogP contribution in [0.25, 0.3) is 22.0 Å². The number of pyridine rings is 1. The number of rotatable bonds is 10. The number of benzene rings is 2. The number of carbonyl (C=O) groups is 2. The van der Waals surface area contributed by atoms with Gasteiger partial charge in [-0.1, -0.05) is 31.2 Å². The first-order valence-corrected chi connectivity index (χ1v) is 13.2. The number of hydrogen-bond donors (Lipinski definition) is 1. The number of hydrogen-bond acceptors (Lipinski definition) is 7. The Hall–Kier alpha value is -4.37. The first-order chi connectivity index (χ1) is 19.1. The normalized spacial score (nSPS) is 12.2. The standard InChI is InChI=1S/C31H34N4O5/c1-6-27(36)23-10-8-7-9-22(23)24-16-29(37)35(18-28(24)39-5)26(13-14-40-31(2,3)4)30(38)34-21-11-12-25-20(15-21)17-32-19-33-25/h7-12,15-19,26H,6,13-14H2,1-5H3,(H,34,38). The van der Waals surface area contributed by atoms with E-state index in [1.165, 1.54) is 30.3 Å². The number of fused-ring (bicyclic) bond motifs is 1. The highest BCUT2D eigenvalue weighted by atomic mass is 16.5. The molecule has 0 aliphatic heterocycles. The second kappa shape index (κ2) is 12.2. The van der Waals surface area contributed by atoms with Crippen molar-refractivity contribution in [3.8, 4) is 16.9 Å². The summed E-state index contributed by atoms with van der Waals surface area (Å²) in [7, 11) is 1.49. The smallest absolute Gasteiger partial charge is 0.252 e. The van der Waals surface area contributed by atoms with Gasteiger partial charge in [0.1, 0.15) is 18.1 Å². The Morgan fingerprint density at radius 1 is 1.07 bits per heavy atom. The van der Waals surface area contributed by atoms with Crippen molar-refractivity contribution >= 4 is 28.3 Å². The number of anilines is 1. The zero-order chi connectivity index (χ0) is 28.9. The van der Waals surface area contributed by atoms with E-state index in [0.717, 1.165) is 10.9 Å². The van der Waals surface area contributed by atoms with Crippen LogP contribution in [0, 0.1) is 0 Å². The molecule has 0 saturated heterocycles. The van der Waals surface area contributed by atoms with Crippen LogP contribution in [-0.2, 0) is 9.53 Å². The fraction of sp³-hybridized carbons (Fsp3) is 0.323. The molecule has 4 rings (SSSR count). The predicted molar refractivity (Wildman–Crippen MR) is 155 cm³/mol. The summed E-state index contributed by atoms with van der Waals surface area (Å²) in [6.45, 7) is 7.83. The van der Waals surface area contributed by atoms with Gasteiger partial charge in [0.25, 0.3) is 5.56 Å². The maximum atomic E-state index is 13.7. The minimum Gasteiger partial charge on any atom is -0.495 e. The van der Waals surface area contributed by atoms with Crippen molar-refractivity contribution in [3.63, 3.8) is 0 Å². The minimum atomic E-state index is -0.895. The lowest BCUT2D eigenvalue weighted by Gasteiger charge is -2.24. The number of Topliss-reactive ketones (excluding diaryl/α,β-unsaturated/α-hetero) is 1. The van der Waals surface area contributed by atoms with E-state index in [1.807, 2.05) is 20.8 Å². The molecule has 0 saturated carbocycles. The number of amides is 1. The fourth-order valence-corrected chi connectivity index (χ4v) is 4.46. The summed E-state index contributed by atoms with van der Waals surface area (Å²) in [6.07, 6.45) is 5.23. The molecule has 1 unspecified atom stereocenters. The second-order valence-electron chi connectivity index (χ2n) is 10.4. The highest BCUT2D eigenvalue weighted by Crippen LogP contribution is 2.33. The average Bonchev–Trinajstić information content (AvgIpc) is 2.94. The van der Waals surface area contributed by atoms with Gasteiger partial charge in [-0.15, -0.1) is 0 Å². The van der Waals surface area contributed by atoms with E-state index >= 15 is 0 Å². The van der Waals surface area contributed by atoms with Crippen molar-refractivity contribution in [1.29, 1.82) is 0 Å². The number of nitrogens with zero attached hydrogens (tertiary/aromatic N) is 3. The number of aromatic nitrogens is 3. The highest BCUT2D eigenvalue weighted by Gasteiger charge is 2.25. The zero-order valence-electron chi connectivity index (χ0n) is 23.4. The van der Waals surface area contributed by atoms with Crippen LogP contribution in [0.3, 0.4) is 0 Å². The molecule has 1 amide bonds. The lowest BCUT2D eigenvalue weighted by atomic mass is 9.96. The van der Waals surface area contributed by atoms with Gasteiger partial charge in [-0.05, 0) is 44.5 Å². The molecule has 0 radical (unpaired) electrons. The molecule has 208 valence electrons. The summed E-state index contributed by atoms with van der Waals surface area (Å²) in [6, 6.07) is 13.0. The summed E-state index contributed by atoms with van der Waals surface area (Å²) in [5.74, 6) is -0.0558. The SMILES string of the molecule is CCC(=O)c1ccccc1-c1cc(=O)n(C(CCOC(C)(C)C)C(=O)Nc2ccc3ncncc3c2)cc1OC. The van der Waals surface area contributed by atoms with Crippen molar-refractivity contribution in [2.75, 3.05) is 19.0 Å². The van der Waals surface area contributed by atoms with Crippen LogP contribution in [0.2, 0.25) is 0 Å². The van der Waals surface area contributed by atoms with Crippen LogP contribution in [0.1, 0.15) is 56.9 Å². The monoisotopic (exact) mass is 542 g/mol. The third-order valence-corrected chi connectivity index (χ3v) is 6.44. The zero-order valence-corrected chi connectivity index (χ0v) is 23.4. The molecule has 2 heterocycles. The van der Waals surface area contributed by atoms with Gasteiger partial charge in [0, 0.05) is 53.9 Å². The molecule has 9 heteroatoms. The predicted octanol–water partition coefficient (Wildman–Crippen LogP) is 5.44. The molecular formula is C31H34N4O5. The first kappa shape index (κ1) is 28.6. The van der Waals surface area contributed by atoms with Crippen molar-refractivity contribution in [1.82, 2.24) is 14.5 Å². The fourth-order valence-electron chi connectivity index (χ4n) is 4.46. The maximum Gasteiger partial charge on any atom is 0.252 e. The molecule has 0 aliphatic rings. The van der Waals surface area contributed by atoms with Crippen molar-refractivity contribution in [2.45, 2.75) is 52.2 Å². The third-order valence-electron chi connectivity index (χ3n) is 6.44. The van der Waals surface area contributed by atoms with Crippen LogP contribution >= 0.6 is 0 Å². The van der Waals surface area contributed by atoms with Gasteiger partial charge in [-0.3, -0.25) is 19.0 Å². The molecule has 40 heavy (non-hydrogen) atoms. The summed E-state index contributed by atoms with van der Waals surface area (Å²) >= 11 is 0. The Kier molecular flexibility index (Phi) is 8.74. The Labute approximate surface area is 233 Å². The Balaban J connectivity index is 1.73. The molecule has 0 bridgehead atoms. The van der Waals surface area contributed by atoms with Crippen LogP contribution in [0.4, 0.5) is 5.69 Å². The topological polar surface area (TPSA) is 112 Å². The minimum absolute atomic E-state index is 0.0424. The van der Waals surface area contributed by atoms with E-state index < -0.39 is 17.2 Å². The summed E-state index contributed by atoms with van der Waals surface area (Å²) in [5, 5.41) is 3.70. The molecule has 0 aliphatic carbocycles. The van der Waals surface area contributed by atoms with Gasteiger partial charge in [0.2, 0.25) is 5.91 Å². The van der Waals surface area contributed by atoms with E-state index in [4.69, 9.17) is 9.47 Å². The molecule has 1 atom stereocenters. The molecule has 2 aromatic heterocycles. The first-order valence-electron chi connectivity index (χ1n) is 13.2. The Morgan fingerprint density at radius 2 is 1.85 bits per heavy atom. The Morgan fingerprint density at radius 3 is 2.58 bits per heavy atom. The van der Waals surface area contributed by atoms with E-state index in [0.29, 0.717) is 34.5 Å². The summed E-state index contributed by atoms with van der Waals surface area (Å²) in [4.78, 5) is 48.1. The van der Waals surface area contributed by atoms with Crippen LogP contribution < -0.4 is 15.6 Å². The molecular weight excluding hydrogens is 508 g/mol. The number of ketones is 1.